The molecule has 0 fully saturated rings. The van der Waals surface area contributed by atoms with E-state index in [0.717, 1.165) is 52.3 Å². The summed E-state index contributed by atoms with van der Waals surface area (Å²) < 4.78 is 44.1. The second-order valence-electron chi connectivity index (χ2n) is 10.9. The van der Waals surface area contributed by atoms with Gasteiger partial charge >= 0.3 is 0 Å². The quantitative estimate of drug-likeness (QED) is 0.127. The zero-order valence-electron chi connectivity index (χ0n) is 25.3. The molecule has 45 heavy (non-hydrogen) atoms. The Hall–Kier alpha value is -3.64. The fourth-order valence-electron chi connectivity index (χ4n) is 5.14. The lowest BCUT2D eigenvalue weighted by Gasteiger charge is -2.29. The third-order valence-electron chi connectivity index (χ3n) is 7.14. The zero-order valence-corrected chi connectivity index (χ0v) is 27.7. The standard InChI is InChI=1S/C33H35ClFN5O3S2/c1-4-13-40(14-5-2)29(20-45(3,41)42)31-18-36-33(44-31)23-9-11-28-26(16-23)32(38-21-37-28)39-25-10-12-30(27(34)17-25)43-19-22-7-6-8-24(35)15-22/h6-12,15-18,21,29H,4-5,13-14,19-20H2,1-3H3,(H,37,38,39)/t29-/m0/s1. The van der Waals surface area contributed by atoms with Crippen molar-refractivity contribution >= 4 is 55.2 Å². The predicted octanol–water partition coefficient (Wildman–Crippen LogP) is 8.08. The van der Waals surface area contributed by atoms with Crippen molar-refractivity contribution in [2.24, 2.45) is 0 Å². The monoisotopic (exact) mass is 667 g/mol. The average Bonchev–Trinajstić information content (AvgIpc) is 3.49. The molecule has 0 aliphatic heterocycles. The molecule has 236 valence electrons. The Bertz CT molecular complexity index is 1880. The number of nitrogens with zero attached hydrogens (tertiary/aromatic N) is 4. The van der Waals surface area contributed by atoms with Crippen molar-refractivity contribution in [3.63, 3.8) is 0 Å². The molecule has 0 saturated heterocycles. The molecule has 8 nitrogen and oxygen atoms in total. The Morgan fingerprint density at radius 1 is 1.02 bits per heavy atom. The van der Waals surface area contributed by atoms with Crippen molar-refractivity contribution in [1.29, 1.82) is 0 Å². The van der Waals surface area contributed by atoms with Crippen LogP contribution in [0.1, 0.15) is 43.2 Å². The van der Waals surface area contributed by atoms with Crippen LogP contribution in [0.2, 0.25) is 5.02 Å². The largest absolute Gasteiger partial charge is 0.487 e. The Balaban J connectivity index is 1.39. The number of rotatable bonds is 14. The first-order valence-corrected chi connectivity index (χ1v) is 18.0. The number of hydrogen-bond donors (Lipinski definition) is 1. The molecule has 5 rings (SSSR count). The molecule has 0 amide bonds. The molecule has 12 heteroatoms. The van der Waals surface area contributed by atoms with Crippen molar-refractivity contribution in [1.82, 2.24) is 19.9 Å². The highest BCUT2D eigenvalue weighted by Gasteiger charge is 2.26. The Morgan fingerprint density at radius 3 is 2.53 bits per heavy atom. The molecule has 3 aromatic carbocycles. The summed E-state index contributed by atoms with van der Waals surface area (Å²) in [6, 6.07) is 17.2. The Morgan fingerprint density at radius 2 is 1.82 bits per heavy atom. The van der Waals surface area contributed by atoms with Crippen LogP contribution in [0.3, 0.4) is 0 Å². The third-order valence-corrected chi connectivity index (χ3v) is 9.50. The lowest BCUT2D eigenvalue weighted by Crippen LogP contribution is -2.34. The zero-order chi connectivity index (χ0) is 32.0. The van der Waals surface area contributed by atoms with E-state index in [4.69, 9.17) is 21.3 Å². The van der Waals surface area contributed by atoms with Gasteiger partial charge in [-0.3, -0.25) is 4.90 Å². The summed E-state index contributed by atoms with van der Waals surface area (Å²) in [6.45, 7) is 6.02. The maximum Gasteiger partial charge on any atom is 0.149 e. The first kappa shape index (κ1) is 32.7. The van der Waals surface area contributed by atoms with Gasteiger partial charge in [0.25, 0.3) is 0 Å². The van der Waals surface area contributed by atoms with E-state index < -0.39 is 9.84 Å². The van der Waals surface area contributed by atoms with Gasteiger partial charge in [0.05, 0.1) is 22.3 Å². The number of nitrogens with one attached hydrogen (secondary N) is 1. The molecule has 5 aromatic rings. The van der Waals surface area contributed by atoms with Crippen LogP contribution in [0, 0.1) is 5.82 Å². The van der Waals surface area contributed by atoms with Crippen molar-refractivity contribution in [3.8, 4) is 16.3 Å². The van der Waals surface area contributed by atoms with Gasteiger partial charge in [-0.2, -0.15) is 0 Å². The second-order valence-corrected chi connectivity index (χ2v) is 14.5. The number of ether oxygens (including phenoxy) is 1. The first-order valence-electron chi connectivity index (χ1n) is 14.7. The van der Waals surface area contributed by atoms with Crippen LogP contribution in [0.4, 0.5) is 15.9 Å². The fourth-order valence-corrected chi connectivity index (χ4v) is 7.49. The summed E-state index contributed by atoms with van der Waals surface area (Å²) in [7, 11) is -3.21. The van der Waals surface area contributed by atoms with Gasteiger partial charge in [0.15, 0.2) is 0 Å². The van der Waals surface area contributed by atoms with Crippen LogP contribution in [0.5, 0.6) is 5.75 Å². The van der Waals surface area contributed by atoms with Crippen LogP contribution in [-0.4, -0.2) is 53.4 Å². The number of sulfone groups is 1. The van der Waals surface area contributed by atoms with E-state index in [1.807, 2.05) is 24.3 Å². The molecule has 2 aromatic heterocycles. The maximum absolute atomic E-state index is 13.5. The SMILES string of the molecule is CCCN(CCC)[C@@H](CS(C)(=O)=O)c1cnc(-c2ccc3ncnc(Nc4ccc(OCc5cccc(F)c5)c(Cl)c4)c3c2)s1. The van der Waals surface area contributed by atoms with E-state index >= 15 is 0 Å². The van der Waals surface area contributed by atoms with Crippen LogP contribution in [0.25, 0.3) is 21.5 Å². The normalized spacial score (nSPS) is 12.5. The van der Waals surface area contributed by atoms with Gasteiger partial charge in [-0.05, 0) is 80.0 Å². The Labute approximate surface area is 272 Å². The summed E-state index contributed by atoms with van der Waals surface area (Å²) in [5.74, 6) is 0.798. The molecule has 1 atom stereocenters. The summed E-state index contributed by atoms with van der Waals surface area (Å²) in [5, 5.41) is 5.31. The highest BCUT2D eigenvalue weighted by molar-refractivity contribution is 7.90. The summed E-state index contributed by atoms with van der Waals surface area (Å²) in [6.07, 6.45) is 6.45. The van der Waals surface area contributed by atoms with Gasteiger partial charge in [0.2, 0.25) is 0 Å². The minimum atomic E-state index is -3.21. The number of halogens is 2. The van der Waals surface area contributed by atoms with Crippen molar-refractivity contribution in [2.45, 2.75) is 39.3 Å². The molecule has 0 aliphatic carbocycles. The van der Waals surface area contributed by atoms with Crippen LogP contribution < -0.4 is 10.1 Å². The summed E-state index contributed by atoms with van der Waals surface area (Å²) in [5.41, 5.74) is 3.04. The van der Waals surface area contributed by atoms with E-state index in [2.05, 4.69) is 34.0 Å². The Kier molecular flexibility index (Phi) is 10.7. The fraction of sp³-hybridized carbons (Fsp3) is 0.303. The maximum atomic E-state index is 13.5. The lowest BCUT2D eigenvalue weighted by molar-refractivity contribution is 0.215. The van der Waals surface area contributed by atoms with Gasteiger partial charge in [-0.15, -0.1) is 11.3 Å². The number of aromatic nitrogens is 3. The second kappa shape index (κ2) is 14.6. The minimum absolute atomic E-state index is 0.0471. The molecule has 2 heterocycles. The molecule has 0 bridgehead atoms. The van der Waals surface area contributed by atoms with E-state index in [1.54, 1.807) is 30.5 Å². The van der Waals surface area contributed by atoms with Crippen molar-refractivity contribution in [3.05, 3.63) is 94.5 Å². The summed E-state index contributed by atoms with van der Waals surface area (Å²) >= 11 is 8.04. The highest BCUT2D eigenvalue weighted by atomic mass is 35.5. The third kappa shape index (κ3) is 8.55. The van der Waals surface area contributed by atoms with E-state index in [0.29, 0.717) is 27.8 Å². The highest BCUT2D eigenvalue weighted by Crippen LogP contribution is 2.36. The van der Waals surface area contributed by atoms with E-state index in [1.165, 1.54) is 36.1 Å². The van der Waals surface area contributed by atoms with E-state index in [-0.39, 0.29) is 24.2 Å². The van der Waals surface area contributed by atoms with Gasteiger partial charge < -0.3 is 10.1 Å². The molecular formula is C33H35ClFN5O3S2. The van der Waals surface area contributed by atoms with Gasteiger partial charge in [-0.1, -0.05) is 37.6 Å². The summed E-state index contributed by atoms with van der Waals surface area (Å²) in [4.78, 5) is 16.8. The number of benzene rings is 3. The lowest BCUT2D eigenvalue weighted by atomic mass is 10.1. The topological polar surface area (TPSA) is 97.3 Å². The first-order chi connectivity index (χ1) is 21.6. The number of hydrogen-bond acceptors (Lipinski definition) is 9. The van der Waals surface area contributed by atoms with Crippen LogP contribution in [0.15, 0.2) is 73.2 Å². The molecule has 0 saturated carbocycles. The van der Waals surface area contributed by atoms with Crippen molar-refractivity contribution < 1.29 is 17.5 Å². The molecule has 1 N–H and O–H groups in total. The average molecular weight is 668 g/mol. The van der Waals surface area contributed by atoms with Gasteiger partial charge in [0, 0.05) is 34.0 Å². The molecule has 0 spiro atoms. The molecule has 0 aliphatic rings. The molecule has 0 unspecified atom stereocenters. The molecular weight excluding hydrogens is 633 g/mol. The van der Waals surface area contributed by atoms with E-state index in [9.17, 15) is 12.8 Å². The number of thiazole rings is 1. The van der Waals surface area contributed by atoms with Gasteiger partial charge in [-0.25, -0.2) is 27.8 Å². The smallest absolute Gasteiger partial charge is 0.149 e. The van der Waals surface area contributed by atoms with Gasteiger partial charge in [0.1, 0.15) is 45.2 Å². The number of fused-ring (bicyclic) bond motifs is 1. The molecule has 0 radical (unpaired) electrons. The van der Waals surface area contributed by atoms with Crippen molar-refractivity contribution in [2.75, 3.05) is 30.4 Å². The minimum Gasteiger partial charge on any atom is -0.487 e. The predicted molar refractivity (Wildman–Crippen MR) is 181 cm³/mol. The number of anilines is 2. The van der Waals surface area contributed by atoms with Crippen LogP contribution in [-0.2, 0) is 16.4 Å². The van der Waals surface area contributed by atoms with Crippen LogP contribution >= 0.6 is 22.9 Å².